The molecule has 0 radical (unpaired) electrons. The molecule has 1 aromatic carbocycles. The van der Waals surface area contributed by atoms with Crippen LogP contribution in [-0.4, -0.2) is 24.5 Å². The van der Waals surface area contributed by atoms with Crippen molar-refractivity contribution in [3.05, 3.63) is 49.0 Å². The SMILES string of the molecule is CC(OC(=O)c1cc(Br)c(Br)s1)C(=O)N1CCCc2ccccc21. The summed E-state index contributed by atoms with van der Waals surface area (Å²) in [6.07, 6.45) is 1.04. The Bertz CT molecular complexity index is 770. The number of halogens is 2. The van der Waals surface area contributed by atoms with Crippen LogP contribution in [0.2, 0.25) is 0 Å². The Morgan fingerprint density at radius 2 is 2.04 bits per heavy atom. The van der Waals surface area contributed by atoms with Crippen molar-refractivity contribution in [2.45, 2.75) is 25.9 Å². The molecule has 24 heavy (non-hydrogen) atoms. The number of hydrogen-bond acceptors (Lipinski definition) is 4. The van der Waals surface area contributed by atoms with E-state index in [1.165, 1.54) is 11.3 Å². The molecule has 0 fully saturated rings. The van der Waals surface area contributed by atoms with Crippen molar-refractivity contribution < 1.29 is 14.3 Å². The standard InChI is InChI=1S/C17H15Br2NO3S/c1-10(23-17(22)14-9-12(18)15(19)24-14)16(21)20-8-4-6-11-5-2-3-7-13(11)20/h2-3,5,7,9-10H,4,6,8H2,1H3. The van der Waals surface area contributed by atoms with Crippen LogP contribution < -0.4 is 4.90 Å². The number of ether oxygens (including phenoxy) is 1. The second-order valence-electron chi connectivity index (χ2n) is 5.50. The molecule has 1 aliphatic rings. The predicted octanol–water partition coefficient (Wildman–Crippen LogP) is 4.80. The van der Waals surface area contributed by atoms with Crippen LogP contribution in [0.5, 0.6) is 0 Å². The number of hydrogen-bond donors (Lipinski definition) is 0. The van der Waals surface area contributed by atoms with Crippen molar-refractivity contribution in [2.24, 2.45) is 0 Å². The second-order valence-corrected chi connectivity index (χ2v) is 8.73. The van der Waals surface area contributed by atoms with Crippen LogP contribution in [0.1, 0.15) is 28.6 Å². The van der Waals surface area contributed by atoms with Gasteiger partial charge in [-0.3, -0.25) is 4.79 Å². The highest BCUT2D eigenvalue weighted by Gasteiger charge is 2.29. The van der Waals surface area contributed by atoms with E-state index >= 15 is 0 Å². The molecule has 1 unspecified atom stereocenters. The summed E-state index contributed by atoms with van der Waals surface area (Å²) in [4.78, 5) is 27.1. The largest absolute Gasteiger partial charge is 0.448 e. The number of carbonyl (C=O) groups excluding carboxylic acids is 2. The topological polar surface area (TPSA) is 46.6 Å². The van der Waals surface area contributed by atoms with Gasteiger partial charge >= 0.3 is 5.97 Å². The van der Waals surface area contributed by atoms with Gasteiger partial charge in [0, 0.05) is 16.7 Å². The number of anilines is 1. The molecular formula is C17H15Br2NO3S. The van der Waals surface area contributed by atoms with Crippen LogP contribution in [0.15, 0.2) is 38.6 Å². The van der Waals surface area contributed by atoms with Crippen LogP contribution in [0.3, 0.4) is 0 Å². The molecular weight excluding hydrogens is 458 g/mol. The first kappa shape index (κ1) is 17.6. The summed E-state index contributed by atoms with van der Waals surface area (Å²) in [5, 5.41) is 0. The lowest BCUT2D eigenvalue weighted by Gasteiger charge is -2.31. The molecule has 0 aliphatic carbocycles. The van der Waals surface area contributed by atoms with E-state index in [2.05, 4.69) is 31.9 Å². The van der Waals surface area contributed by atoms with Crippen LogP contribution in [0, 0.1) is 0 Å². The summed E-state index contributed by atoms with van der Waals surface area (Å²) in [6, 6.07) is 9.55. The van der Waals surface area contributed by atoms with E-state index in [0.29, 0.717) is 11.4 Å². The van der Waals surface area contributed by atoms with Gasteiger partial charge in [-0.25, -0.2) is 4.79 Å². The Hall–Kier alpha value is -1.18. The molecule has 0 saturated carbocycles. The number of benzene rings is 1. The van der Waals surface area contributed by atoms with Crippen molar-refractivity contribution in [1.29, 1.82) is 0 Å². The summed E-state index contributed by atoms with van der Waals surface area (Å²) < 4.78 is 6.99. The first-order valence-electron chi connectivity index (χ1n) is 7.52. The Labute approximate surface area is 161 Å². The van der Waals surface area contributed by atoms with Gasteiger partial charge in [0.1, 0.15) is 4.88 Å². The lowest BCUT2D eigenvalue weighted by molar-refractivity contribution is -0.126. The van der Waals surface area contributed by atoms with Gasteiger partial charge in [0.05, 0.1) is 3.79 Å². The van der Waals surface area contributed by atoms with Gasteiger partial charge < -0.3 is 9.64 Å². The third-order valence-electron chi connectivity index (χ3n) is 3.85. The molecule has 126 valence electrons. The van der Waals surface area contributed by atoms with Crippen LogP contribution in [0.25, 0.3) is 0 Å². The normalized spacial score (nSPS) is 14.9. The maximum Gasteiger partial charge on any atom is 0.349 e. The third kappa shape index (κ3) is 3.58. The lowest BCUT2D eigenvalue weighted by atomic mass is 10.0. The average Bonchev–Trinajstić information content (AvgIpc) is 2.93. The molecule has 0 N–H and O–H groups in total. The fraction of sp³-hybridized carbons (Fsp3) is 0.294. The number of aryl methyl sites for hydroxylation is 1. The maximum atomic E-state index is 12.7. The average molecular weight is 473 g/mol. The van der Waals surface area contributed by atoms with E-state index in [4.69, 9.17) is 4.74 Å². The number of fused-ring (bicyclic) bond motifs is 1. The van der Waals surface area contributed by atoms with E-state index in [9.17, 15) is 9.59 Å². The molecule has 1 aromatic heterocycles. The number of esters is 1. The van der Waals surface area contributed by atoms with Crippen LogP contribution in [0.4, 0.5) is 5.69 Å². The zero-order valence-electron chi connectivity index (χ0n) is 12.9. The molecule has 3 rings (SSSR count). The van der Waals surface area contributed by atoms with Crippen molar-refractivity contribution in [3.63, 3.8) is 0 Å². The van der Waals surface area contributed by atoms with Crippen LogP contribution >= 0.6 is 43.2 Å². The minimum Gasteiger partial charge on any atom is -0.448 e. The molecule has 1 atom stereocenters. The van der Waals surface area contributed by atoms with E-state index in [1.807, 2.05) is 24.3 Å². The highest BCUT2D eigenvalue weighted by atomic mass is 79.9. The molecule has 0 bridgehead atoms. The maximum absolute atomic E-state index is 12.7. The second kappa shape index (κ2) is 7.37. The Morgan fingerprint density at radius 3 is 2.75 bits per heavy atom. The quantitative estimate of drug-likeness (QED) is 0.603. The molecule has 4 nitrogen and oxygen atoms in total. The Morgan fingerprint density at radius 1 is 1.29 bits per heavy atom. The fourth-order valence-corrected chi connectivity index (χ4v) is 4.62. The van der Waals surface area contributed by atoms with E-state index in [0.717, 1.165) is 32.4 Å². The first-order chi connectivity index (χ1) is 11.5. The van der Waals surface area contributed by atoms with Gasteiger partial charge in [0.15, 0.2) is 6.10 Å². The lowest BCUT2D eigenvalue weighted by Crippen LogP contribution is -2.42. The Kier molecular flexibility index (Phi) is 5.42. The fourth-order valence-electron chi connectivity index (χ4n) is 2.70. The number of rotatable bonds is 3. The minimum atomic E-state index is -0.830. The van der Waals surface area contributed by atoms with E-state index < -0.39 is 12.1 Å². The smallest absolute Gasteiger partial charge is 0.349 e. The number of amides is 1. The highest BCUT2D eigenvalue weighted by molar-refractivity contribution is 9.13. The van der Waals surface area contributed by atoms with Gasteiger partial charge in [-0.15, -0.1) is 11.3 Å². The molecule has 1 aliphatic heterocycles. The molecule has 0 spiro atoms. The zero-order valence-corrected chi connectivity index (χ0v) is 16.9. The monoisotopic (exact) mass is 471 g/mol. The molecule has 7 heteroatoms. The van der Waals surface area contributed by atoms with E-state index in [1.54, 1.807) is 17.9 Å². The summed E-state index contributed by atoms with van der Waals surface area (Å²) in [5.41, 5.74) is 2.07. The van der Waals surface area contributed by atoms with E-state index in [-0.39, 0.29) is 5.91 Å². The molecule has 2 aromatic rings. The van der Waals surface area contributed by atoms with Gasteiger partial charge in [-0.2, -0.15) is 0 Å². The number of para-hydroxylation sites is 1. The number of thiophene rings is 1. The van der Waals surface area contributed by atoms with Crippen molar-refractivity contribution in [1.82, 2.24) is 0 Å². The van der Waals surface area contributed by atoms with Crippen LogP contribution in [-0.2, 0) is 16.0 Å². The predicted molar refractivity (Wildman–Crippen MR) is 102 cm³/mol. The van der Waals surface area contributed by atoms with Crippen molar-refractivity contribution in [3.8, 4) is 0 Å². The van der Waals surface area contributed by atoms with Gasteiger partial charge in [0.25, 0.3) is 5.91 Å². The summed E-state index contributed by atoms with van der Waals surface area (Å²) in [7, 11) is 0. The molecule has 1 amide bonds. The van der Waals surface area contributed by atoms with Crippen molar-refractivity contribution in [2.75, 3.05) is 11.4 Å². The first-order valence-corrected chi connectivity index (χ1v) is 9.92. The number of nitrogens with zero attached hydrogens (tertiary/aromatic N) is 1. The number of carbonyl (C=O) groups is 2. The minimum absolute atomic E-state index is 0.190. The van der Waals surface area contributed by atoms with Gasteiger partial charge in [-0.1, -0.05) is 18.2 Å². The highest BCUT2D eigenvalue weighted by Crippen LogP contribution is 2.33. The van der Waals surface area contributed by atoms with Crippen molar-refractivity contribution >= 4 is 60.8 Å². The van der Waals surface area contributed by atoms with Gasteiger partial charge in [-0.05, 0) is 69.3 Å². The summed E-state index contributed by atoms with van der Waals surface area (Å²) in [6.45, 7) is 2.27. The van der Waals surface area contributed by atoms with Gasteiger partial charge in [0.2, 0.25) is 0 Å². The summed E-state index contributed by atoms with van der Waals surface area (Å²) >= 11 is 7.96. The Balaban J connectivity index is 1.72. The zero-order chi connectivity index (χ0) is 17.3. The molecule has 2 heterocycles. The summed E-state index contributed by atoms with van der Waals surface area (Å²) in [5.74, 6) is -0.678. The molecule has 0 saturated heterocycles. The third-order valence-corrected chi connectivity index (χ3v) is 7.09.